The highest BCUT2D eigenvalue weighted by atomic mass is 16.5. The molecule has 0 saturated carbocycles. The number of ketones is 1. The van der Waals surface area contributed by atoms with Crippen LogP contribution in [0.2, 0.25) is 0 Å². The van der Waals surface area contributed by atoms with Crippen molar-refractivity contribution in [3.05, 3.63) is 76.9 Å². The minimum Gasteiger partial charge on any atom is -0.462 e. The molecule has 0 heterocycles. The molecule has 22 heavy (non-hydrogen) atoms. The Morgan fingerprint density at radius 1 is 1.00 bits per heavy atom. The van der Waals surface area contributed by atoms with E-state index >= 15 is 0 Å². The summed E-state index contributed by atoms with van der Waals surface area (Å²) >= 11 is 0. The molecule has 0 atom stereocenters. The zero-order valence-corrected chi connectivity index (χ0v) is 12.7. The molecule has 0 aliphatic heterocycles. The number of aryl methyl sites for hydroxylation is 1. The van der Waals surface area contributed by atoms with E-state index in [1.807, 2.05) is 37.3 Å². The van der Waals surface area contributed by atoms with Crippen LogP contribution < -0.4 is 0 Å². The molecule has 2 rings (SSSR count). The lowest BCUT2D eigenvalue weighted by Crippen LogP contribution is -2.16. The predicted octanol–water partition coefficient (Wildman–Crippen LogP) is 3.82. The fraction of sp³-hybridized carbons (Fsp3) is 0.158. The van der Waals surface area contributed by atoms with Gasteiger partial charge in [-0.3, -0.25) is 4.79 Å². The molecular weight excluding hydrogens is 276 g/mol. The maximum atomic E-state index is 12.6. The monoisotopic (exact) mass is 294 g/mol. The largest absolute Gasteiger partial charge is 0.462 e. The van der Waals surface area contributed by atoms with Crippen molar-refractivity contribution in [3.8, 4) is 0 Å². The second-order valence-corrected chi connectivity index (χ2v) is 4.88. The predicted molar refractivity (Wildman–Crippen MR) is 86.6 cm³/mol. The molecule has 0 amide bonds. The number of hydrogen-bond donors (Lipinski definition) is 0. The molecule has 2 aromatic rings. The van der Waals surface area contributed by atoms with Gasteiger partial charge in [-0.2, -0.15) is 0 Å². The molecule has 0 aliphatic rings. The van der Waals surface area contributed by atoms with Gasteiger partial charge in [0.15, 0.2) is 5.78 Å². The van der Waals surface area contributed by atoms with Crippen LogP contribution in [-0.4, -0.2) is 18.4 Å². The second-order valence-electron chi connectivity index (χ2n) is 4.88. The number of carbonyl (C=O) groups is 2. The second kappa shape index (κ2) is 7.36. The van der Waals surface area contributed by atoms with Crippen molar-refractivity contribution in [1.82, 2.24) is 0 Å². The van der Waals surface area contributed by atoms with Gasteiger partial charge >= 0.3 is 5.97 Å². The van der Waals surface area contributed by atoms with Crippen LogP contribution in [0.4, 0.5) is 0 Å². The summed E-state index contributed by atoms with van der Waals surface area (Å²) in [7, 11) is 0. The summed E-state index contributed by atoms with van der Waals surface area (Å²) in [4.78, 5) is 24.7. The van der Waals surface area contributed by atoms with Gasteiger partial charge in [-0.25, -0.2) is 4.79 Å². The van der Waals surface area contributed by atoms with Gasteiger partial charge in [0.25, 0.3) is 0 Å². The maximum Gasteiger partial charge on any atom is 0.342 e. The lowest BCUT2D eigenvalue weighted by Gasteiger charge is -2.07. The Kier molecular flexibility index (Phi) is 5.26. The van der Waals surface area contributed by atoms with E-state index in [1.165, 1.54) is 0 Å². The van der Waals surface area contributed by atoms with Crippen LogP contribution in [0.1, 0.15) is 28.4 Å². The van der Waals surface area contributed by atoms with Gasteiger partial charge in [0.05, 0.1) is 6.61 Å². The van der Waals surface area contributed by atoms with Gasteiger partial charge < -0.3 is 4.74 Å². The summed E-state index contributed by atoms with van der Waals surface area (Å²) < 4.78 is 5.01. The molecule has 0 fully saturated rings. The van der Waals surface area contributed by atoms with E-state index in [9.17, 15) is 9.59 Å². The summed E-state index contributed by atoms with van der Waals surface area (Å²) in [5.41, 5.74) is 2.41. The van der Waals surface area contributed by atoms with Gasteiger partial charge in [-0.05, 0) is 25.5 Å². The SMILES string of the molecule is CCOC(=O)/C(=C/c1ccc(C)cc1)C(=O)c1ccccc1. The lowest BCUT2D eigenvalue weighted by molar-refractivity contribution is -0.137. The zero-order chi connectivity index (χ0) is 15.9. The van der Waals surface area contributed by atoms with Gasteiger partial charge in [-0.15, -0.1) is 0 Å². The highest BCUT2D eigenvalue weighted by Crippen LogP contribution is 2.15. The van der Waals surface area contributed by atoms with Crippen LogP contribution in [0.25, 0.3) is 6.08 Å². The minimum atomic E-state index is -0.600. The third-order valence-corrected chi connectivity index (χ3v) is 3.16. The van der Waals surface area contributed by atoms with Crippen molar-refractivity contribution in [3.63, 3.8) is 0 Å². The van der Waals surface area contributed by atoms with Crippen LogP contribution in [0.3, 0.4) is 0 Å². The summed E-state index contributed by atoms with van der Waals surface area (Å²) in [5, 5.41) is 0. The standard InChI is InChI=1S/C19H18O3/c1-3-22-19(21)17(13-15-11-9-14(2)10-12-15)18(20)16-7-5-4-6-8-16/h4-13H,3H2,1-2H3/b17-13+. The summed E-state index contributed by atoms with van der Waals surface area (Å²) in [6, 6.07) is 16.3. The fourth-order valence-electron chi connectivity index (χ4n) is 2.00. The van der Waals surface area contributed by atoms with Crippen molar-refractivity contribution in [1.29, 1.82) is 0 Å². The van der Waals surface area contributed by atoms with Gasteiger partial charge in [0, 0.05) is 5.56 Å². The molecule has 0 aliphatic carbocycles. The van der Waals surface area contributed by atoms with Crippen molar-refractivity contribution in [2.75, 3.05) is 6.61 Å². The van der Waals surface area contributed by atoms with Crippen LogP contribution in [0, 0.1) is 6.92 Å². The smallest absolute Gasteiger partial charge is 0.342 e. The Morgan fingerprint density at radius 2 is 1.64 bits per heavy atom. The van der Waals surface area contributed by atoms with E-state index in [0.717, 1.165) is 11.1 Å². The Morgan fingerprint density at radius 3 is 2.23 bits per heavy atom. The van der Waals surface area contributed by atoms with Crippen LogP contribution in [-0.2, 0) is 9.53 Å². The molecule has 0 saturated heterocycles. The zero-order valence-electron chi connectivity index (χ0n) is 12.7. The first kappa shape index (κ1) is 15.7. The summed E-state index contributed by atoms with van der Waals surface area (Å²) in [5.74, 6) is -0.934. The van der Waals surface area contributed by atoms with Crippen molar-refractivity contribution in [2.45, 2.75) is 13.8 Å². The van der Waals surface area contributed by atoms with E-state index in [2.05, 4.69) is 0 Å². The Balaban J connectivity index is 2.40. The van der Waals surface area contributed by atoms with Gasteiger partial charge in [0.1, 0.15) is 5.57 Å². The van der Waals surface area contributed by atoms with E-state index < -0.39 is 5.97 Å². The van der Waals surface area contributed by atoms with Crippen LogP contribution in [0.15, 0.2) is 60.2 Å². The molecule has 0 unspecified atom stereocenters. The number of rotatable bonds is 5. The van der Waals surface area contributed by atoms with E-state index in [0.29, 0.717) is 5.56 Å². The quantitative estimate of drug-likeness (QED) is 0.277. The minimum absolute atomic E-state index is 0.0388. The molecule has 2 aromatic carbocycles. The van der Waals surface area contributed by atoms with Crippen LogP contribution in [0.5, 0.6) is 0 Å². The molecular formula is C19H18O3. The lowest BCUT2D eigenvalue weighted by atomic mass is 10.0. The first-order valence-corrected chi connectivity index (χ1v) is 7.17. The molecule has 0 radical (unpaired) electrons. The highest BCUT2D eigenvalue weighted by molar-refractivity contribution is 6.26. The third-order valence-electron chi connectivity index (χ3n) is 3.16. The normalized spacial score (nSPS) is 11.1. The number of benzene rings is 2. The number of Topliss-reactive ketones (excluding diaryl/α,β-unsaturated/α-hetero) is 1. The van der Waals surface area contributed by atoms with E-state index in [4.69, 9.17) is 4.74 Å². The van der Waals surface area contributed by atoms with E-state index in [-0.39, 0.29) is 18.0 Å². The topological polar surface area (TPSA) is 43.4 Å². The highest BCUT2D eigenvalue weighted by Gasteiger charge is 2.20. The summed E-state index contributed by atoms with van der Waals surface area (Å²) in [6.45, 7) is 3.93. The van der Waals surface area contributed by atoms with Crippen LogP contribution >= 0.6 is 0 Å². The number of esters is 1. The molecule has 3 nitrogen and oxygen atoms in total. The van der Waals surface area contributed by atoms with Crippen molar-refractivity contribution < 1.29 is 14.3 Å². The molecule has 0 N–H and O–H groups in total. The number of ether oxygens (including phenoxy) is 1. The van der Waals surface area contributed by atoms with E-state index in [1.54, 1.807) is 37.3 Å². The van der Waals surface area contributed by atoms with Gasteiger partial charge in [-0.1, -0.05) is 60.2 Å². The van der Waals surface area contributed by atoms with Crippen molar-refractivity contribution >= 4 is 17.8 Å². The Labute approximate surface area is 130 Å². The number of carbonyl (C=O) groups excluding carboxylic acids is 2. The number of hydrogen-bond acceptors (Lipinski definition) is 3. The Hall–Kier alpha value is -2.68. The Bertz CT molecular complexity index is 682. The first-order chi connectivity index (χ1) is 10.6. The average Bonchev–Trinajstić information content (AvgIpc) is 2.54. The maximum absolute atomic E-state index is 12.6. The fourth-order valence-corrected chi connectivity index (χ4v) is 2.00. The average molecular weight is 294 g/mol. The molecule has 112 valence electrons. The third kappa shape index (κ3) is 3.92. The summed E-state index contributed by atoms with van der Waals surface area (Å²) in [6.07, 6.45) is 1.58. The van der Waals surface area contributed by atoms with Crippen molar-refractivity contribution in [2.24, 2.45) is 0 Å². The molecule has 0 spiro atoms. The van der Waals surface area contributed by atoms with Gasteiger partial charge in [0.2, 0.25) is 0 Å². The first-order valence-electron chi connectivity index (χ1n) is 7.17. The molecule has 3 heteroatoms. The molecule has 0 aromatic heterocycles. The molecule has 0 bridgehead atoms.